The molecule has 5 heteroatoms. The molecule has 0 fully saturated rings. The minimum atomic E-state index is -0.596. The molecular formula is C15H18FNO3. The molecule has 0 aliphatic carbocycles. The van der Waals surface area contributed by atoms with E-state index in [0.29, 0.717) is 12.2 Å². The van der Waals surface area contributed by atoms with Gasteiger partial charge in [0, 0.05) is 19.7 Å². The molecule has 0 saturated heterocycles. The van der Waals surface area contributed by atoms with Crippen molar-refractivity contribution in [2.24, 2.45) is 0 Å². The summed E-state index contributed by atoms with van der Waals surface area (Å²) in [7, 11) is 3.14. The second kappa shape index (κ2) is 7.63. The molecule has 1 aromatic carbocycles. The van der Waals surface area contributed by atoms with E-state index in [1.807, 2.05) is 6.92 Å². The number of ether oxygens (including phenoxy) is 1. The molecule has 0 radical (unpaired) electrons. The van der Waals surface area contributed by atoms with E-state index in [-0.39, 0.29) is 18.2 Å². The Morgan fingerprint density at radius 3 is 2.85 bits per heavy atom. The number of aliphatic hydroxyl groups excluding tert-OH is 1. The number of halogens is 1. The third-order valence-electron chi connectivity index (χ3n) is 2.90. The molecule has 0 aliphatic rings. The molecule has 1 unspecified atom stereocenters. The van der Waals surface area contributed by atoms with Crippen LogP contribution in [0.5, 0.6) is 0 Å². The van der Waals surface area contributed by atoms with Gasteiger partial charge < -0.3 is 14.7 Å². The number of methoxy groups -OCH3 is 1. The third kappa shape index (κ3) is 4.05. The van der Waals surface area contributed by atoms with Gasteiger partial charge in [0.15, 0.2) is 0 Å². The summed E-state index contributed by atoms with van der Waals surface area (Å²) in [5, 5.41) is 8.64. The van der Waals surface area contributed by atoms with Gasteiger partial charge in [-0.15, -0.1) is 0 Å². The minimum Gasteiger partial charge on any atom is -0.384 e. The molecule has 0 bridgehead atoms. The van der Waals surface area contributed by atoms with Gasteiger partial charge in [0.05, 0.1) is 18.2 Å². The molecule has 4 nitrogen and oxygen atoms in total. The molecule has 1 N–H and O–H groups in total. The largest absolute Gasteiger partial charge is 0.384 e. The van der Waals surface area contributed by atoms with Crippen molar-refractivity contribution in [1.82, 2.24) is 4.90 Å². The first-order valence-corrected chi connectivity index (χ1v) is 6.16. The Morgan fingerprint density at radius 2 is 2.25 bits per heavy atom. The summed E-state index contributed by atoms with van der Waals surface area (Å²) in [5.41, 5.74) is 0.441. The summed E-state index contributed by atoms with van der Waals surface area (Å²) in [6.45, 7) is 1.90. The number of carbonyl (C=O) groups is 1. The van der Waals surface area contributed by atoms with Crippen LogP contribution in [-0.4, -0.2) is 49.3 Å². The predicted octanol–water partition coefficient (Wildman–Crippen LogP) is 1.28. The van der Waals surface area contributed by atoms with E-state index < -0.39 is 11.7 Å². The highest BCUT2D eigenvalue weighted by molar-refractivity contribution is 5.94. The van der Waals surface area contributed by atoms with Crippen LogP contribution in [0.3, 0.4) is 0 Å². The Balaban J connectivity index is 3.02. The lowest BCUT2D eigenvalue weighted by Crippen LogP contribution is -2.38. The number of rotatable bonds is 4. The van der Waals surface area contributed by atoms with E-state index in [2.05, 4.69) is 11.8 Å². The first-order valence-electron chi connectivity index (χ1n) is 6.16. The fourth-order valence-electron chi connectivity index (χ4n) is 1.65. The Kier molecular flexibility index (Phi) is 6.16. The molecule has 1 atom stereocenters. The number of amides is 1. The van der Waals surface area contributed by atoms with Gasteiger partial charge in [0.25, 0.3) is 5.91 Å². The zero-order valence-electron chi connectivity index (χ0n) is 11.8. The monoisotopic (exact) mass is 279 g/mol. The maximum atomic E-state index is 13.8. The van der Waals surface area contributed by atoms with Crippen LogP contribution >= 0.6 is 0 Å². The topological polar surface area (TPSA) is 49.8 Å². The fraction of sp³-hybridized carbons (Fsp3) is 0.400. The van der Waals surface area contributed by atoms with Gasteiger partial charge in [-0.25, -0.2) is 4.39 Å². The molecule has 0 aliphatic heterocycles. The Bertz CT molecular complexity index is 534. The second-order valence-electron chi connectivity index (χ2n) is 4.37. The van der Waals surface area contributed by atoms with Gasteiger partial charge in [-0.1, -0.05) is 11.8 Å². The molecule has 1 aromatic rings. The van der Waals surface area contributed by atoms with E-state index in [1.165, 1.54) is 23.1 Å². The highest BCUT2D eigenvalue weighted by Crippen LogP contribution is 2.14. The number of aliphatic hydroxyl groups is 1. The second-order valence-corrected chi connectivity index (χ2v) is 4.37. The Labute approximate surface area is 118 Å². The smallest absolute Gasteiger partial charge is 0.256 e. The van der Waals surface area contributed by atoms with E-state index in [1.54, 1.807) is 14.2 Å². The van der Waals surface area contributed by atoms with Gasteiger partial charge >= 0.3 is 0 Å². The molecule has 20 heavy (non-hydrogen) atoms. The van der Waals surface area contributed by atoms with Gasteiger partial charge in [-0.3, -0.25) is 4.79 Å². The van der Waals surface area contributed by atoms with E-state index in [9.17, 15) is 9.18 Å². The summed E-state index contributed by atoms with van der Waals surface area (Å²) in [5.74, 6) is 4.08. The van der Waals surface area contributed by atoms with Crippen LogP contribution in [-0.2, 0) is 4.74 Å². The summed E-state index contributed by atoms with van der Waals surface area (Å²) in [6.07, 6.45) is 0. The van der Waals surface area contributed by atoms with Gasteiger partial charge in [-0.2, -0.15) is 0 Å². The number of nitrogens with zero attached hydrogens (tertiary/aromatic N) is 1. The third-order valence-corrected chi connectivity index (χ3v) is 2.90. The average Bonchev–Trinajstić information content (AvgIpc) is 2.45. The molecule has 1 rings (SSSR count). The Hall–Kier alpha value is -1.90. The number of hydrogen-bond acceptors (Lipinski definition) is 3. The van der Waals surface area contributed by atoms with E-state index in [4.69, 9.17) is 9.84 Å². The Morgan fingerprint density at radius 1 is 1.55 bits per heavy atom. The molecule has 108 valence electrons. The quantitative estimate of drug-likeness (QED) is 0.845. The van der Waals surface area contributed by atoms with Crippen LogP contribution in [0.1, 0.15) is 22.8 Å². The van der Waals surface area contributed by atoms with E-state index >= 15 is 0 Å². The SMILES string of the molecule is COCC(C)N(C)C(=O)c1cc(C#CCO)ccc1F. The highest BCUT2D eigenvalue weighted by atomic mass is 19.1. The van der Waals surface area contributed by atoms with Gasteiger partial charge in [-0.05, 0) is 25.1 Å². The number of likely N-dealkylation sites (N-methyl/N-ethyl adjacent to an activating group) is 1. The van der Waals surface area contributed by atoms with Crippen LogP contribution in [0.25, 0.3) is 0 Å². The van der Waals surface area contributed by atoms with Crippen LogP contribution in [0.2, 0.25) is 0 Å². The van der Waals surface area contributed by atoms with Crippen molar-refractivity contribution in [2.75, 3.05) is 27.4 Å². The first-order chi connectivity index (χ1) is 9.51. The van der Waals surface area contributed by atoms with Crippen molar-refractivity contribution in [2.45, 2.75) is 13.0 Å². The molecule has 0 saturated carbocycles. The van der Waals surface area contributed by atoms with Crippen LogP contribution in [0.4, 0.5) is 4.39 Å². The highest BCUT2D eigenvalue weighted by Gasteiger charge is 2.20. The summed E-state index contributed by atoms with van der Waals surface area (Å²) in [6, 6.07) is 3.88. The zero-order chi connectivity index (χ0) is 15.1. The van der Waals surface area contributed by atoms with Crippen molar-refractivity contribution in [3.63, 3.8) is 0 Å². The van der Waals surface area contributed by atoms with Gasteiger partial charge in [0.1, 0.15) is 12.4 Å². The maximum absolute atomic E-state index is 13.8. The lowest BCUT2D eigenvalue weighted by atomic mass is 10.1. The normalized spacial score (nSPS) is 11.4. The lowest BCUT2D eigenvalue weighted by Gasteiger charge is -2.24. The summed E-state index contributed by atoms with van der Waals surface area (Å²) >= 11 is 0. The molecule has 1 amide bonds. The first kappa shape index (κ1) is 16.2. The molecular weight excluding hydrogens is 261 g/mol. The van der Waals surface area contributed by atoms with Crippen LogP contribution < -0.4 is 0 Å². The number of benzene rings is 1. The maximum Gasteiger partial charge on any atom is 0.256 e. The summed E-state index contributed by atoms with van der Waals surface area (Å²) in [4.78, 5) is 13.7. The average molecular weight is 279 g/mol. The standard InChI is InChI=1S/C15H18FNO3/c1-11(10-20-3)17(2)15(19)13-9-12(5-4-8-18)6-7-14(13)16/h6-7,9,11,18H,8,10H2,1-3H3. The molecule has 0 spiro atoms. The van der Waals surface area contributed by atoms with Crippen molar-refractivity contribution in [3.8, 4) is 11.8 Å². The van der Waals surface area contributed by atoms with Crippen molar-refractivity contribution >= 4 is 5.91 Å². The predicted molar refractivity (Wildman–Crippen MR) is 73.8 cm³/mol. The summed E-state index contributed by atoms with van der Waals surface area (Å²) < 4.78 is 18.8. The fourth-order valence-corrected chi connectivity index (χ4v) is 1.65. The molecule has 0 aromatic heterocycles. The van der Waals surface area contributed by atoms with Crippen molar-refractivity contribution in [1.29, 1.82) is 0 Å². The van der Waals surface area contributed by atoms with E-state index in [0.717, 1.165) is 0 Å². The molecule has 0 heterocycles. The van der Waals surface area contributed by atoms with Gasteiger partial charge in [0.2, 0.25) is 0 Å². The minimum absolute atomic E-state index is 0.0415. The van der Waals surface area contributed by atoms with Crippen LogP contribution in [0.15, 0.2) is 18.2 Å². The van der Waals surface area contributed by atoms with Crippen molar-refractivity contribution < 1.29 is 19.0 Å². The number of hydrogen-bond donors (Lipinski definition) is 1. The lowest BCUT2D eigenvalue weighted by molar-refractivity contribution is 0.0629. The number of carbonyl (C=O) groups excluding carboxylic acids is 1. The van der Waals surface area contributed by atoms with Crippen molar-refractivity contribution in [3.05, 3.63) is 35.1 Å². The van der Waals surface area contributed by atoms with Crippen LogP contribution in [0, 0.1) is 17.7 Å². The zero-order valence-corrected chi connectivity index (χ0v) is 11.8.